The van der Waals surface area contributed by atoms with Gasteiger partial charge in [-0.25, -0.2) is 0 Å². The molecule has 1 rings (SSSR count). The summed E-state index contributed by atoms with van der Waals surface area (Å²) in [6.07, 6.45) is 3.61. The number of hydrogen-bond donors (Lipinski definition) is 1. The normalized spacial score (nSPS) is 31.1. The van der Waals surface area contributed by atoms with E-state index in [9.17, 15) is 9.90 Å². The molecular formula is C15H28O3. The Labute approximate surface area is 111 Å². The van der Waals surface area contributed by atoms with Crippen molar-refractivity contribution in [2.24, 2.45) is 22.7 Å². The molecule has 1 saturated carbocycles. The van der Waals surface area contributed by atoms with E-state index in [1.807, 2.05) is 6.92 Å². The van der Waals surface area contributed by atoms with Crippen LogP contribution >= 0.6 is 0 Å². The van der Waals surface area contributed by atoms with E-state index in [1.165, 1.54) is 0 Å². The number of ether oxygens (including phenoxy) is 1. The first-order chi connectivity index (χ1) is 8.24. The maximum absolute atomic E-state index is 11.7. The van der Waals surface area contributed by atoms with E-state index >= 15 is 0 Å². The molecule has 0 aromatic heterocycles. The van der Waals surface area contributed by atoms with Crippen LogP contribution in [0.25, 0.3) is 0 Å². The minimum absolute atomic E-state index is 0.0842. The van der Waals surface area contributed by atoms with Crippen LogP contribution in [0.5, 0.6) is 0 Å². The predicted molar refractivity (Wildman–Crippen MR) is 72.5 cm³/mol. The molecule has 0 aliphatic heterocycles. The molecule has 106 valence electrons. The molecule has 0 bridgehead atoms. The molecule has 0 radical (unpaired) electrons. The van der Waals surface area contributed by atoms with Gasteiger partial charge < -0.3 is 9.84 Å². The van der Waals surface area contributed by atoms with E-state index in [1.54, 1.807) is 7.11 Å². The summed E-state index contributed by atoms with van der Waals surface area (Å²) in [5.74, 6) is 0.0834. The molecule has 0 saturated heterocycles. The Morgan fingerprint density at radius 1 is 1.39 bits per heavy atom. The van der Waals surface area contributed by atoms with Crippen LogP contribution in [0.4, 0.5) is 0 Å². The van der Waals surface area contributed by atoms with Crippen molar-refractivity contribution in [1.29, 1.82) is 0 Å². The quantitative estimate of drug-likeness (QED) is 0.836. The summed E-state index contributed by atoms with van der Waals surface area (Å²) in [5.41, 5.74) is -0.285. The smallest absolute Gasteiger partial charge is 0.309 e. The average molecular weight is 256 g/mol. The highest BCUT2D eigenvalue weighted by Crippen LogP contribution is 2.49. The average Bonchev–Trinajstić information content (AvgIpc) is 2.28. The van der Waals surface area contributed by atoms with E-state index in [2.05, 4.69) is 20.8 Å². The number of rotatable bonds is 4. The lowest BCUT2D eigenvalue weighted by molar-refractivity contribution is -0.158. The molecule has 1 atom stereocenters. The van der Waals surface area contributed by atoms with Gasteiger partial charge in [0.2, 0.25) is 0 Å². The lowest BCUT2D eigenvalue weighted by Gasteiger charge is -2.44. The molecule has 1 unspecified atom stereocenters. The summed E-state index contributed by atoms with van der Waals surface area (Å²) >= 11 is 0. The van der Waals surface area contributed by atoms with Crippen LogP contribution in [-0.2, 0) is 9.53 Å². The van der Waals surface area contributed by atoms with Crippen molar-refractivity contribution in [3.8, 4) is 0 Å². The van der Waals surface area contributed by atoms with Crippen LogP contribution in [0, 0.1) is 22.7 Å². The van der Waals surface area contributed by atoms with Gasteiger partial charge in [0.25, 0.3) is 0 Å². The van der Waals surface area contributed by atoms with Crippen LogP contribution in [0.2, 0.25) is 0 Å². The molecule has 0 spiro atoms. The molecule has 1 N–H and O–H groups in total. The molecule has 3 nitrogen and oxygen atoms in total. The summed E-state index contributed by atoms with van der Waals surface area (Å²) in [7, 11) is 1.65. The van der Waals surface area contributed by atoms with Gasteiger partial charge in [0.1, 0.15) is 0 Å². The predicted octanol–water partition coefficient (Wildman–Crippen LogP) is 3.58. The number of carbonyl (C=O) groups is 1. The van der Waals surface area contributed by atoms with Gasteiger partial charge in [-0.1, -0.05) is 27.7 Å². The van der Waals surface area contributed by atoms with Gasteiger partial charge in [0.15, 0.2) is 0 Å². The van der Waals surface area contributed by atoms with Crippen molar-refractivity contribution in [2.45, 2.75) is 53.4 Å². The first-order valence-corrected chi connectivity index (χ1v) is 6.96. The number of carboxylic acid groups (broad SMARTS) is 1. The molecule has 0 amide bonds. The van der Waals surface area contributed by atoms with Crippen molar-refractivity contribution in [3.05, 3.63) is 0 Å². The van der Waals surface area contributed by atoms with Crippen LogP contribution in [0.3, 0.4) is 0 Å². The second-order valence-corrected chi connectivity index (χ2v) is 6.96. The van der Waals surface area contributed by atoms with Crippen LogP contribution < -0.4 is 0 Å². The molecule has 18 heavy (non-hydrogen) atoms. The Bertz CT molecular complexity index is 283. The maximum atomic E-state index is 11.7. The minimum Gasteiger partial charge on any atom is -0.481 e. The fourth-order valence-corrected chi connectivity index (χ4v) is 3.33. The van der Waals surface area contributed by atoms with Crippen LogP contribution in [0.15, 0.2) is 0 Å². The standard InChI is InChI=1S/C15H28O3/c1-11(10-18-5)15(13(16)17)8-6-12(7-9-15)14(2,3)4/h11-12H,6-10H2,1-5H3,(H,16,17). The Morgan fingerprint density at radius 3 is 2.22 bits per heavy atom. The third kappa shape index (κ3) is 3.05. The van der Waals surface area contributed by atoms with Crippen molar-refractivity contribution in [2.75, 3.05) is 13.7 Å². The maximum Gasteiger partial charge on any atom is 0.309 e. The van der Waals surface area contributed by atoms with Gasteiger partial charge >= 0.3 is 5.97 Å². The van der Waals surface area contributed by atoms with Gasteiger partial charge in [0.05, 0.1) is 5.41 Å². The number of methoxy groups -OCH3 is 1. The van der Waals surface area contributed by atoms with E-state index < -0.39 is 11.4 Å². The molecule has 0 aromatic carbocycles. The van der Waals surface area contributed by atoms with E-state index in [-0.39, 0.29) is 11.3 Å². The lowest BCUT2D eigenvalue weighted by atomic mass is 9.60. The van der Waals surface area contributed by atoms with Gasteiger partial charge in [-0.05, 0) is 42.9 Å². The van der Waals surface area contributed by atoms with Crippen molar-refractivity contribution in [1.82, 2.24) is 0 Å². The molecule has 1 aliphatic carbocycles. The molecule has 3 heteroatoms. The van der Waals surface area contributed by atoms with Gasteiger partial charge in [-0.2, -0.15) is 0 Å². The highest BCUT2D eigenvalue weighted by atomic mass is 16.5. The number of carboxylic acids is 1. The monoisotopic (exact) mass is 256 g/mol. The van der Waals surface area contributed by atoms with Gasteiger partial charge in [-0.15, -0.1) is 0 Å². The second kappa shape index (κ2) is 5.60. The SMILES string of the molecule is COCC(C)C1(C(=O)O)CCC(C(C)(C)C)CC1. The first-order valence-electron chi connectivity index (χ1n) is 6.96. The van der Waals surface area contributed by atoms with E-state index in [0.29, 0.717) is 12.5 Å². The topological polar surface area (TPSA) is 46.5 Å². The molecule has 1 aliphatic rings. The summed E-state index contributed by atoms with van der Waals surface area (Å²) < 4.78 is 5.16. The third-order valence-corrected chi connectivity index (χ3v) is 4.89. The second-order valence-electron chi connectivity index (χ2n) is 6.96. The highest BCUT2D eigenvalue weighted by Gasteiger charge is 2.47. The van der Waals surface area contributed by atoms with E-state index in [4.69, 9.17) is 4.74 Å². The Morgan fingerprint density at radius 2 is 1.89 bits per heavy atom. The number of aliphatic carboxylic acids is 1. The summed E-state index contributed by atoms with van der Waals surface area (Å²) in [6.45, 7) is 9.31. The van der Waals surface area contributed by atoms with Crippen LogP contribution in [-0.4, -0.2) is 24.8 Å². The zero-order chi connectivity index (χ0) is 14.0. The summed E-state index contributed by atoms with van der Waals surface area (Å²) in [6, 6.07) is 0. The fourth-order valence-electron chi connectivity index (χ4n) is 3.33. The lowest BCUT2D eigenvalue weighted by Crippen LogP contribution is -2.44. The zero-order valence-electron chi connectivity index (χ0n) is 12.5. The molecule has 0 heterocycles. The third-order valence-electron chi connectivity index (χ3n) is 4.89. The Hall–Kier alpha value is -0.570. The largest absolute Gasteiger partial charge is 0.481 e. The Kier molecular flexibility index (Phi) is 4.82. The summed E-state index contributed by atoms with van der Waals surface area (Å²) in [5, 5.41) is 9.62. The first kappa shape index (κ1) is 15.5. The van der Waals surface area contributed by atoms with E-state index in [0.717, 1.165) is 25.7 Å². The van der Waals surface area contributed by atoms with Gasteiger partial charge in [0, 0.05) is 13.7 Å². The van der Waals surface area contributed by atoms with Gasteiger partial charge in [-0.3, -0.25) is 4.79 Å². The summed E-state index contributed by atoms with van der Waals surface area (Å²) in [4.78, 5) is 11.7. The molecule has 0 aromatic rings. The zero-order valence-corrected chi connectivity index (χ0v) is 12.5. The Balaban J connectivity index is 2.78. The van der Waals surface area contributed by atoms with Crippen molar-refractivity contribution < 1.29 is 14.6 Å². The number of hydrogen-bond acceptors (Lipinski definition) is 2. The van der Waals surface area contributed by atoms with Crippen LogP contribution in [0.1, 0.15) is 53.4 Å². The molecular weight excluding hydrogens is 228 g/mol. The van der Waals surface area contributed by atoms with Crippen molar-refractivity contribution in [3.63, 3.8) is 0 Å². The highest BCUT2D eigenvalue weighted by molar-refractivity contribution is 5.75. The molecule has 1 fully saturated rings. The van der Waals surface area contributed by atoms with Crippen molar-refractivity contribution >= 4 is 5.97 Å². The fraction of sp³-hybridized carbons (Fsp3) is 0.933. The minimum atomic E-state index is -0.639.